The van der Waals surface area contributed by atoms with Crippen LogP contribution in [0.15, 0.2) is 18.5 Å². The van der Waals surface area contributed by atoms with Gasteiger partial charge in [-0.05, 0) is 56.4 Å². The lowest BCUT2D eigenvalue weighted by atomic mass is 9.84. The second kappa shape index (κ2) is 8.33. The minimum Gasteiger partial charge on any atom is -0.346 e. The molecule has 0 unspecified atom stereocenters. The van der Waals surface area contributed by atoms with Crippen LogP contribution < -0.4 is 0 Å². The Morgan fingerprint density at radius 3 is 2.74 bits per heavy atom. The first-order valence-electron chi connectivity index (χ1n) is 11.6. The van der Waals surface area contributed by atoms with Gasteiger partial charge in [-0.1, -0.05) is 6.92 Å². The fourth-order valence-corrected chi connectivity index (χ4v) is 5.40. The predicted molar refractivity (Wildman–Crippen MR) is 119 cm³/mol. The largest absolute Gasteiger partial charge is 0.346 e. The number of H-pyrrole nitrogens is 1. The highest BCUT2D eigenvalue weighted by atomic mass is 16.2. The fraction of sp³-hybridized carbons (Fsp3) is 0.583. The molecule has 0 radical (unpaired) electrons. The standard InChI is InChI=1S/C24H30N6O/c1-16-8-12-29(13-9-16)22(31)14-21-28-20-15-27-24-19(7-11-26-24)23(20)30(21)18-4-2-17(3-5-18)6-10-25/h7,11,15-18H,2-6,8-9,12-14H2,1H3,(H,26,27). The van der Waals surface area contributed by atoms with Gasteiger partial charge in [-0.15, -0.1) is 0 Å². The van der Waals surface area contributed by atoms with Crippen molar-refractivity contribution < 1.29 is 4.79 Å². The van der Waals surface area contributed by atoms with Crippen molar-refractivity contribution in [1.82, 2.24) is 24.4 Å². The first kappa shape index (κ1) is 20.0. The summed E-state index contributed by atoms with van der Waals surface area (Å²) in [6, 6.07) is 4.70. The quantitative estimate of drug-likeness (QED) is 0.682. The number of amides is 1. The summed E-state index contributed by atoms with van der Waals surface area (Å²) in [4.78, 5) is 27.8. The van der Waals surface area contributed by atoms with Gasteiger partial charge < -0.3 is 14.5 Å². The Bertz CT molecular complexity index is 1120. The molecule has 5 rings (SSSR count). The lowest BCUT2D eigenvalue weighted by Crippen LogP contribution is -2.39. The maximum absolute atomic E-state index is 13.2. The summed E-state index contributed by atoms with van der Waals surface area (Å²) in [6.07, 6.45) is 11.0. The van der Waals surface area contributed by atoms with E-state index >= 15 is 0 Å². The fourth-order valence-electron chi connectivity index (χ4n) is 5.40. The highest BCUT2D eigenvalue weighted by Gasteiger charge is 2.29. The van der Waals surface area contributed by atoms with Gasteiger partial charge in [0.1, 0.15) is 17.0 Å². The van der Waals surface area contributed by atoms with E-state index < -0.39 is 0 Å². The molecule has 3 aromatic heterocycles. The van der Waals surface area contributed by atoms with Crippen molar-refractivity contribution in [1.29, 1.82) is 5.26 Å². The number of nitrogens with zero attached hydrogens (tertiary/aromatic N) is 5. The van der Waals surface area contributed by atoms with E-state index in [0.29, 0.717) is 30.7 Å². The third kappa shape index (κ3) is 3.80. The lowest BCUT2D eigenvalue weighted by Gasteiger charge is -2.32. The minimum absolute atomic E-state index is 0.180. The second-order valence-corrected chi connectivity index (χ2v) is 9.41. The third-order valence-electron chi connectivity index (χ3n) is 7.31. The van der Waals surface area contributed by atoms with Crippen molar-refractivity contribution >= 4 is 28.0 Å². The number of fused-ring (bicyclic) bond motifs is 3. The van der Waals surface area contributed by atoms with Crippen LogP contribution >= 0.6 is 0 Å². The smallest absolute Gasteiger partial charge is 0.230 e. The zero-order valence-corrected chi connectivity index (χ0v) is 18.2. The predicted octanol–water partition coefficient (Wildman–Crippen LogP) is 4.36. The average Bonchev–Trinajstić information content (AvgIpc) is 3.39. The van der Waals surface area contributed by atoms with Gasteiger partial charge in [0.25, 0.3) is 0 Å². The number of hydrogen-bond donors (Lipinski definition) is 1. The molecule has 0 atom stereocenters. The van der Waals surface area contributed by atoms with Gasteiger partial charge >= 0.3 is 0 Å². The molecule has 1 aliphatic heterocycles. The van der Waals surface area contributed by atoms with E-state index in [0.717, 1.165) is 79.5 Å². The van der Waals surface area contributed by atoms with E-state index in [1.54, 1.807) is 0 Å². The molecule has 1 aliphatic carbocycles. The van der Waals surface area contributed by atoms with Crippen LogP contribution in [0.1, 0.15) is 63.7 Å². The Morgan fingerprint density at radius 2 is 2.00 bits per heavy atom. The van der Waals surface area contributed by atoms with Crippen LogP contribution in [-0.2, 0) is 11.2 Å². The monoisotopic (exact) mass is 418 g/mol. The topological polar surface area (TPSA) is 90.6 Å². The molecule has 1 saturated carbocycles. The molecule has 7 heteroatoms. The summed E-state index contributed by atoms with van der Waals surface area (Å²) in [7, 11) is 0. The summed E-state index contributed by atoms with van der Waals surface area (Å²) in [6.45, 7) is 3.96. The number of carbonyl (C=O) groups is 1. The summed E-state index contributed by atoms with van der Waals surface area (Å²) in [5.74, 6) is 2.23. The van der Waals surface area contributed by atoms with Crippen LogP contribution in [0.2, 0.25) is 0 Å². The number of likely N-dealkylation sites (tertiary alicyclic amines) is 1. The molecular weight excluding hydrogens is 388 g/mol. The summed E-state index contributed by atoms with van der Waals surface area (Å²) < 4.78 is 2.33. The number of nitrogens with one attached hydrogen (secondary N) is 1. The highest BCUT2D eigenvalue weighted by Crippen LogP contribution is 2.38. The van der Waals surface area contributed by atoms with Gasteiger partial charge in [-0.25, -0.2) is 9.97 Å². The first-order valence-corrected chi connectivity index (χ1v) is 11.6. The molecule has 2 aliphatic rings. The Balaban J connectivity index is 1.49. The van der Waals surface area contributed by atoms with Crippen molar-refractivity contribution in [2.24, 2.45) is 11.8 Å². The van der Waals surface area contributed by atoms with Crippen LogP contribution in [0.25, 0.3) is 22.1 Å². The van der Waals surface area contributed by atoms with Gasteiger partial charge in [0, 0.05) is 37.1 Å². The Kier molecular flexibility index (Phi) is 5.39. The Labute approximate surface area is 182 Å². The van der Waals surface area contributed by atoms with Crippen LogP contribution in [-0.4, -0.2) is 43.4 Å². The number of imidazole rings is 1. The van der Waals surface area contributed by atoms with Gasteiger partial charge in [0.2, 0.25) is 5.91 Å². The number of nitriles is 1. The first-order chi connectivity index (χ1) is 15.1. The summed E-state index contributed by atoms with van der Waals surface area (Å²) in [5, 5.41) is 10.1. The molecule has 31 heavy (non-hydrogen) atoms. The van der Waals surface area contributed by atoms with Crippen molar-refractivity contribution in [2.75, 3.05) is 13.1 Å². The van der Waals surface area contributed by atoms with Crippen LogP contribution in [0.3, 0.4) is 0 Å². The van der Waals surface area contributed by atoms with Crippen molar-refractivity contribution in [3.8, 4) is 6.07 Å². The van der Waals surface area contributed by atoms with E-state index in [1.807, 2.05) is 17.3 Å². The van der Waals surface area contributed by atoms with Crippen molar-refractivity contribution in [3.63, 3.8) is 0 Å². The molecule has 1 saturated heterocycles. The highest BCUT2D eigenvalue weighted by molar-refractivity contribution is 6.01. The molecule has 0 spiro atoms. The lowest BCUT2D eigenvalue weighted by molar-refractivity contribution is -0.131. The van der Waals surface area contributed by atoms with Crippen molar-refractivity contribution in [2.45, 2.75) is 64.3 Å². The maximum atomic E-state index is 13.2. The zero-order valence-electron chi connectivity index (χ0n) is 18.2. The molecule has 2 fully saturated rings. The molecule has 1 amide bonds. The summed E-state index contributed by atoms with van der Waals surface area (Å²) >= 11 is 0. The molecule has 0 bridgehead atoms. The second-order valence-electron chi connectivity index (χ2n) is 9.41. The number of hydrogen-bond acceptors (Lipinski definition) is 4. The Hall–Kier alpha value is -2.88. The third-order valence-corrected chi connectivity index (χ3v) is 7.31. The average molecular weight is 419 g/mol. The number of pyridine rings is 1. The van der Waals surface area contributed by atoms with Gasteiger partial charge in [0.15, 0.2) is 0 Å². The minimum atomic E-state index is 0.180. The molecule has 7 nitrogen and oxygen atoms in total. The van der Waals surface area contributed by atoms with Gasteiger partial charge in [0.05, 0.1) is 24.2 Å². The van der Waals surface area contributed by atoms with E-state index in [2.05, 4.69) is 33.6 Å². The normalized spacial score (nSPS) is 22.8. The Morgan fingerprint density at radius 1 is 1.23 bits per heavy atom. The number of aromatic amines is 1. The molecule has 4 heterocycles. The van der Waals surface area contributed by atoms with E-state index in [-0.39, 0.29) is 5.91 Å². The SMILES string of the molecule is CC1CCN(C(=O)Cc2nc3cnc4[nH]ccc4c3n2C2CCC(CC#N)CC2)CC1. The zero-order chi connectivity index (χ0) is 21.4. The van der Waals surface area contributed by atoms with Gasteiger partial charge in [-0.2, -0.15) is 5.26 Å². The number of rotatable bonds is 4. The summed E-state index contributed by atoms with van der Waals surface area (Å²) in [5.41, 5.74) is 2.81. The van der Waals surface area contributed by atoms with Gasteiger partial charge in [-0.3, -0.25) is 4.79 Å². The van der Waals surface area contributed by atoms with Crippen LogP contribution in [0.5, 0.6) is 0 Å². The number of aromatic nitrogens is 4. The van der Waals surface area contributed by atoms with E-state index in [4.69, 9.17) is 10.2 Å². The molecule has 1 N–H and O–H groups in total. The molecular formula is C24H30N6O. The number of piperidine rings is 1. The van der Waals surface area contributed by atoms with E-state index in [1.165, 1.54) is 0 Å². The molecule has 3 aromatic rings. The van der Waals surface area contributed by atoms with E-state index in [9.17, 15) is 4.79 Å². The number of carbonyl (C=O) groups excluding carboxylic acids is 1. The molecule has 0 aromatic carbocycles. The van der Waals surface area contributed by atoms with Crippen LogP contribution in [0, 0.1) is 23.2 Å². The maximum Gasteiger partial charge on any atom is 0.230 e. The van der Waals surface area contributed by atoms with Crippen LogP contribution in [0.4, 0.5) is 0 Å². The molecule has 162 valence electrons. The van der Waals surface area contributed by atoms with Crippen molar-refractivity contribution in [3.05, 3.63) is 24.3 Å².